The Morgan fingerprint density at radius 2 is 1.56 bits per heavy atom. The van der Waals surface area contributed by atoms with Crippen LogP contribution >= 0.6 is 0 Å². The average molecular weight is 428 g/mol. The van der Waals surface area contributed by atoms with Crippen LogP contribution in [0.5, 0.6) is 0 Å². The number of anilines is 1. The van der Waals surface area contributed by atoms with Crippen molar-refractivity contribution in [2.75, 3.05) is 11.4 Å². The Bertz CT molecular complexity index is 1270. The zero-order chi connectivity index (χ0) is 22.5. The van der Waals surface area contributed by atoms with Crippen molar-refractivity contribution in [1.29, 1.82) is 0 Å². The summed E-state index contributed by atoms with van der Waals surface area (Å²) in [6, 6.07) is 24.9. The van der Waals surface area contributed by atoms with E-state index in [1.54, 1.807) is 11.0 Å². The van der Waals surface area contributed by atoms with E-state index in [1.807, 2.05) is 86.6 Å². The van der Waals surface area contributed by atoms with Crippen LogP contribution < -0.4 is 10.5 Å². The number of carbonyl (C=O) groups is 1. The monoisotopic (exact) mass is 427 g/mol. The second-order valence-corrected chi connectivity index (χ2v) is 7.30. The number of ether oxygens (including phenoxy) is 1. The molecule has 162 valence electrons. The third kappa shape index (κ3) is 4.25. The molecule has 1 saturated heterocycles. The molecule has 1 unspecified atom stereocenters. The average Bonchev–Trinajstić information content (AvgIpc) is 3.21. The number of cyclic esters (lactones) is 1. The summed E-state index contributed by atoms with van der Waals surface area (Å²) < 4.78 is 5.55. The van der Waals surface area contributed by atoms with E-state index in [9.17, 15) is 9.59 Å². The van der Waals surface area contributed by atoms with Gasteiger partial charge in [-0.3, -0.25) is 9.69 Å². The number of benzene rings is 3. The number of amides is 1. The summed E-state index contributed by atoms with van der Waals surface area (Å²) in [5.41, 5.74) is 3.26. The van der Waals surface area contributed by atoms with E-state index in [-0.39, 0.29) is 17.8 Å². The number of fused-ring (bicyclic) bond motifs is 1. The molecule has 0 spiro atoms. The minimum Gasteiger partial charge on any atom is -0.444 e. The minimum absolute atomic E-state index is 0.176. The number of hydrogen-bond acceptors (Lipinski definition) is 4. The van der Waals surface area contributed by atoms with Gasteiger partial charge >= 0.3 is 6.09 Å². The van der Waals surface area contributed by atoms with Gasteiger partial charge < -0.3 is 4.74 Å². The molecular formula is C26H25N3O3. The maximum atomic E-state index is 12.4. The molecule has 5 rings (SSSR count). The molecule has 0 aliphatic carbocycles. The van der Waals surface area contributed by atoms with Crippen molar-refractivity contribution in [2.24, 2.45) is 0 Å². The fraction of sp³-hybridized carbons (Fsp3) is 0.192. The summed E-state index contributed by atoms with van der Waals surface area (Å²) in [7, 11) is 0. The van der Waals surface area contributed by atoms with Gasteiger partial charge in [-0.25, -0.2) is 9.89 Å². The lowest BCUT2D eigenvalue weighted by Gasteiger charge is -2.14. The second kappa shape index (κ2) is 9.47. The van der Waals surface area contributed by atoms with Gasteiger partial charge in [0.05, 0.1) is 17.6 Å². The fourth-order valence-electron chi connectivity index (χ4n) is 3.85. The highest BCUT2D eigenvalue weighted by atomic mass is 16.6. The molecular weight excluding hydrogens is 402 g/mol. The van der Waals surface area contributed by atoms with Gasteiger partial charge in [-0.05, 0) is 23.8 Å². The van der Waals surface area contributed by atoms with Gasteiger partial charge in [-0.2, -0.15) is 5.10 Å². The molecule has 1 amide bonds. The second-order valence-electron chi connectivity index (χ2n) is 7.30. The molecule has 1 aliphatic heterocycles. The van der Waals surface area contributed by atoms with E-state index in [0.717, 1.165) is 22.2 Å². The van der Waals surface area contributed by atoms with Crippen LogP contribution in [-0.4, -0.2) is 28.9 Å². The first-order valence-electron chi connectivity index (χ1n) is 10.8. The van der Waals surface area contributed by atoms with Crippen LogP contribution in [0.1, 0.15) is 19.4 Å². The summed E-state index contributed by atoms with van der Waals surface area (Å²) in [4.78, 5) is 26.1. The Labute approximate surface area is 186 Å². The van der Waals surface area contributed by atoms with Crippen LogP contribution in [0.2, 0.25) is 0 Å². The van der Waals surface area contributed by atoms with E-state index < -0.39 is 0 Å². The highest BCUT2D eigenvalue weighted by Gasteiger charge is 2.32. The SMILES string of the molecule is CC.O=C1OC(Cc2ccccc2)CN1c1ccc(-c2n[nH]c(=O)c3ccccc23)cc1. The summed E-state index contributed by atoms with van der Waals surface area (Å²) in [6.07, 6.45) is 0.176. The van der Waals surface area contributed by atoms with E-state index in [4.69, 9.17) is 4.74 Å². The van der Waals surface area contributed by atoms with Crippen LogP contribution in [0.15, 0.2) is 83.7 Å². The van der Waals surface area contributed by atoms with Crippen molar-refractivity contribution in [1.82, 2.24) is 10.2 Å². The van der Waals surface area contributed by atoms with Crippen molar-refractivity contribution in [3.63, 3.8) is 0 Å². The maximum absolute atomic E-state index is 12.4. The Morgan fingerprint density at radius 3 is 2.28 bits per heavy atom. The number of hydrogen-bond donors (Lipinski definition) is 1. The van der Waals surface area contributed by atoms with Gasteiger partial charge in [0.1, 0.15) is 6.10 Å². The molecule has 1 N–H and O–H groups in total. The van der Waals surface area contributed by atoms with E-state index >= 15 is 0 Å². The van der Waals surface area contributed by atoms with E-state index in [2.05, 4.69) is 10.2 Å². The lowest BCUT2D eigenvalue weighted by molar-refractivity contribution is 0.141. The molecule has 32 heavy (non-hydrogen) atoms. The number of nitrogens with one attached hydrogen (secondary N) is 1. The van der Waals surface area contributed by atoms with Crippen LogP contribution in [0.25, 0.3) is 22.0 Å². The Balaban J connectivity index is 0.00000119. The molecule has 0 bridgehead atoms. The molecule has 2 heterocycles. The summed E-state index contributed by atoms with van der Waals surface area (Å²) in [5, 5.41) is 8.18. The zero-order valence-electron chi connectivity index (χ0n) is 18.1. The quantitative estimate of drug-likeness (QED) is 0.487. The van der Waals surface area contributed by atoms with Gasteiger partial charge in [0, 0.05) is 23.1 Å². The summed E-state index contributed by atoms with van der Waals surface area (Å²) in [6.45, 7) is 4.51. The van der Waals surface area contributed by atoms with Crippen LogP contribution in [0.4, 0.5) is 10.5 Å². The highest BCUT2D eigenvalue weighted by Crippen LogP contribution is 2.28. The van der Waals surface area contributed by atoms with Gasteiger partial charge in [0.2, 0.25) is 0 Å². The molecule has 6 nitrogen and oxygen atoms in total. The van der Waals surface area contributed by atoms with Crippen LogP contribution in [-0.2, 0) is 11.2 Å². The summed E-state index contributed by atoms with van der Waals surface area (Å²) in [5.74, 6) is 0. The predicted octanol–water partition coefficient (Wildman–Crippen LogP) is 5.18. The smallest absolute Gasteiger partial charge is 0.414 e. The maximum Gasteiger partial charge on any atom is 0.414 e. The number of aromatic nitrogens is 2. The molecule has 0 radical (unpaired) electrons. The van der Waals surface area contributed by atoms with Gasteiger partial charge in [-0.1, -0.05) is 74.5 Å². The van der Waals surface area contributed by atoms with Gasteiger partial charge in [0.15, 0.2) is 0 Å². The van der Waals surface area contributed by atoms with Crippen LogP contribution in [0.3, 0.4) is 0 Å². The first kappa shape index (κ1) is 21.3. The Hall–Kier alpha value is -3.93. The molecule has 1 fully saturated rings. The normalized spacial score (nSPS) is 15.2. The van der Waals surface area contributed by atoms with Gasteiger partial charge in [0.25, 0.3) is 5.56 Å². The van der Waals surface area contributed by atoms with E-state index in [0.29, 0.717) is 24.0 Å². The first-order valence-corrected chi connectivity index (χ1v) is 10.8. The third-order valence-electron chi connectivity index (χ3n) is 5.33. The molecule has 6 heteroatoms. The number of H-pyrrole nitrogens is 1. The topological polar surface area (TPSA) is 75.3 Å². The lowest BCUT2D eigenvalue weighted by atomic mass is 10.0. The number of aromatic amines is 1. The molecule has 1 atom stereocenters. The minimum atomic E-state index is -0.337. The Morgan fingerprint density at radius 1 is 0.906 bits per heavy atom. The van der Waals surface area contributed by atoms with Crippen molar-refractivity contribution in [2.45, 2.75) is 26.4 Å². The standard InChI is InChI=1S/C24H19N3O3.C2H6/c28-23-21-9-5-4-8-20(21)22(25-26-23)17-10-12-18(13-11-17)27-15-19(30-24(27)29)14-16-6-2-1-3-7-16;1-2/h1-13,19H,14-15H2,(H,26,28);1-2H3. The first-order chi connectivity index (χ1) is 15.7. The third-order valence-corrected chi connectivity index (χ3v) is 5.33. The van der Waals surface area contributed by atoms with Crippen LogP contribution in [0, 0.1) is 0 Å². The van der Waals surface area contributed by atoms with Crippen molar-refractivity contribution >= 4 is 22.6 Å². The van der Waals surface area contributed by atoms with Crippen molar-refractivity contribution in [3.8, 4) is 11.3 Å². The molecule has 1 aromatic heterocycles. The molecule has 4 aromatic rings. The largest absolute Gasteiger partial charge is 0.444 e. The molecule has 0 saturated carbocycles. The number of nitrogens with zero attached hydrogens (tertiary/aromatic N) is 2. The predicted molar refractivity (Wildman–Crippen MR) is 127 cm³/mol. The lowest BCUT2D eigenvalue weighted by Crippen LogP contribution is -2.24. The zero-order valence-corrected chi connectivity index (χ0v) is 18.1. The highest BCUT2D eigenvalue weighted by molar-refractivity contribution is 5.94. The van der Waals surface area contributed by atoms with Crippen molar-refractivity contribution < 1.29 is 9.53 Å². The summed E-state index contributed by atoms with van der Waals surface area (Å²) >= 11 is 0. The van der Waals surface area contributed by atoms with Crippen molar-refractivity contribution in [3.05, 3.63) is 94.8 Å². The number of rotatable bonds is 4. The Kier molecular flexibility index (Phi) is 6.31. The molecule has 1 aliphatic rings. The van der Waals surface area contributed by atoms with Gasteiger partial charge in [-0.15, -0.1) is 0 Å². The number of carbonyl (C=O) groups excluding carboxylic acids is 1. The molecule has 3 aromatic carbocycles. The fourth-order valence-corrected chi connectivity index (χ4v) is 3.85. The van der Waals surface area contributed by atoms with E-state index in [1.165, 1.54) is 0 Å².